The van der Waals surface area contributed by atoms with Crippen molar-refractivity contribution in [2.24, 2.45) is 0 Å². The van der Waals surface area contributed by atoms with Crippen molar-refractivity contribution < 1.29 is 9.53 Å². The molecule has 0 unspecified atom stereocenters. The van der Waals surface area contributed by atoms with Gasteiger partial charge in [-0.1, -0.05) is 26.0 Å². The van der Waals surface area contributed by atoms with Gasteiger partial charge < -0.3 is 9.72 Å². The Labute approximate surface area is 144 Å². The van der Waals surface area contributed by atoms with Crippen molar-refractivity contribution >= 4 is 17.0 Å². The molecule has 0 aliphatic rings. The van der Waals surface area contributed by atoms with E-state index < -0.39 is 11.6 Å². The lowest BCUT2D eigenvalue weighted by molar-refractivity contribution is 0.00572. The molecule has 5 heteroatoms. The number of benzene rings is 1. The van der Waals surface area contributed by atoms with Crippen LogP contribution in [0.1, 0.15) is 63.6 Å². The molecule has 2 rings (SSSR count). The van der Waals surface area contributed by atoms with Gasteiger partial charge in [0, 0.05) is 6.54 Å². The third-order valence-corrected chi connectivity index (χ3v) is 3.66. The number of imidazole rings is 1. The Balaban J connectivity index is 2.27. The van der Waals surface area contributed by atoms with Gasteiger partial charge in [-0.3, -0.25) is 4.90 Å². The molecule has 1 heterocycles. The normalized spacial score (nSPS) is 12.1. The predicted octanol–water partition coefficient (Wildman–Crippen LogP) is 4.14. The van der Waals surface area contributed by atoms with Crippen LogP contribution in [0.15, 0.2) is 18.2 Å². The maximum absolute atomic E-state index is 12.2. The molecule has 2 aromatic rings. The lowest BCUT2D eigenvalue weighted by Gasteiger charge is -2.21. The van der Waals surface area contributed by atoms with E-state index >= 15 is 0 Å². The maximum atomic E-state index is 12.2. The maximum Gasteiger partial charge on any atom is 0.374 e. The van der Waals surface area contributed by atoms with Crippen LogP contribution in [0.3, 0.4) is 0 Å². The van der Waals surface area contributed by atoms with Gasteiger partial charge in [0.15, 0.2) is 0 Å². The third-order valence-electron chi connectivity index (χ3n) is 3.66. The number of hydrogen-bond donors (Lipinski definition) is 1. The lowest BCUT2D eigenvalue weighted by atomic mass is 10.1. The molecular weight excluding hydrogens is 302 g/mol. The molecule has 0 spiro atoms. The lowest BCUT2D eigenvalue weighted by Crippen LogP contribution is -2.25. The van der Waals surface area contributed by atoms with Gasteiger partial charge in [0.2, 0.25) is 5.82 Å². The Morgan fingerprint density at radius 3 is 2.46 bits per heavy atom. The highest BCUT2D eigenvalue weighted by atomic mass is 16.6. The van der Waals surface area contributed by atoms with Crippen LogP contribution in [0.4, 0.5) is 0 Å². The van der Waals surface area contributed by atoms with Gasteiger partial charge >= 0.3 is 5.97 Å². The number of carbonyl (C=O) groups excluding carboxylic acids is 1. The van der Waals surface area contributed by atoms with Gasteiger partial charge in [0.1, 0.15) is 5.60 Å². The Hall–Kier alpha value is -1.88. The first kappa shape index (κ1) is 18.5. The number of nitrogens with one attached hydrogen (secondary N) is 1. The summed E-state index contributed by atoms with van der Waals surface area (Å²) in [4.78, 5) is 22.3. The predicted molar refractivity (Wildman–Crippen MR) is 97.1 cm³/mol. The second-order valence-corrected chi connectivity index (χ2v) is 7.18. The zero-order valence-corrected chi connectivity index (χ0v) is 15.5. The smallest absolute Gasteiger partial charge is 0.374 e. The van der Waals surface area contributed by atoms with Gasteiger partial charge in [0.25, 0.3) is 0 Å². The minimum absolute atomic E-state index is 0.268. The fourth-order valence-corrected chi connectivity index (χ4v) is 2.79. The molecule has 1 N–H and O–H groups in total. The minimum atomic E-state index is -0.530. The van der Waals surface area contributed by atoms with Gasteiger partial charge in [-0.05, 0) is 58.3 Å². The van der Waals surface area contributed by atoms with Gasteiger partial charge in [0.05, 0.1) is 11.0 Å². The Morgan fingerprint density at radius 2 is 1.88 bits per heavy atom. The SMILES string of the molecule is CCCN(CCC)Cc1cccc2[nH]c(C(=O)OC(C)(C)C)nc12. The average molecular weight is 331 g/mol. The van der Waals surface area contributed by atoms with Crippen molar-refractivity contribution in [2.75, 3.05) is 13.1 Å². The fourth-order valence-electron chi connectivity index (χ4n) is 2.79. The number of para-hydroxylation sites is 1. The highest BCUT2D eigenvalue weighted by molar-refractivity contribution is 5.91. The molecule has 132 valence electrons. The first-order valence-electron chi connectivity index (χ1n) is 8.77. The summed E-state index contributed by atoms with van der Waals surface area (Å²) in [6, 6.07) is 6.04. The summed E-state index contributed by atoms with van der Waals surface area (Å²) in [6.07, 6.45) is 2.25. The summed E-state index contributed by atoms with van der Waals surface area (Å²) >= 11 is 0. The first-order valence-corrected chi connectivity index (χ1v) is 8.77. The van der Waals surface area contributed by atoms with Crippen molar-refractivity contribution in [3.63, 3.8) is 0 Å². The van der Waals surface area contributed by atoms with E-state index in [0.717, 1.165) is 49.1 Å². The molecule has 0 saturated carbocycles. The molecule has 0 bridgehead atoms. The van der Waals surface area contributed by atoms with E-state index in [4.69, 9.17) is 4.74 Å². The average Bonchev–Trinajstić information content (AvgIpc) is 2.91. The number of aromatic nitrogens is 2. The molecule has 0 fully saturated rings. The summed E-state index contributed by atoms with van der Waals surface area (Å²) in [5.41, 5.74) is 2.34. The Bertz CT molecular complexity index is 679. The van der Waals surface area contributed by atoms with E-state index in [1.165, 1.54) is 0 Å². The van der Waals surface area contributed by atoms with E-state index in [1.54, 1.807) is 0 Å². The highest BCUT2D eigenvalue weighted by Gasteiger charge is 2.21. The van der Waals surface area contributed by atoms with E-state index in [1.807, 2.05) is 32.9 Å². The van der Waals surface area contributed by atoms with E-state index in [9.17, 15) is 4.79 Å². The molecule has 1 aromatic heterocycles. The molecule has 24 heavy (non-hydrogen) atoms. The second-order valence-electron chi connectivity index (χ2n) is 7.18. The number of fused-ring (bicyclic) bond motifs is 1. The standard InChI is InChI=1S/C19H29N3O2/c1-6-11-22(12-7-2)13-14-9-8-10-15-16(14)21-17(20-15)18(23)24-19(3,4)5/h8-10H,6-7,11-13H2,1-5H3,(H,20,21). The topological polar surface area (TPSA) is 58.2 Å². The molecule has 0 aliphatic carbocycles. The summed E-state index contributed by atoms with van der Waals surface area (Å²) in [5.74, 6) is -0.145. The number of esters is 1. The van der Waals surface area contributed by atoms with Crippen molar-refractivity contribution in [2.45, 2.75) is 59.6 Å². The van der Waals surface area contributed by atoms with Crippen LogP contribution in [0.2, 0.25) is 0 Å². The van der Waals surface area contributed by atoms with Crippen molar-refractivity contribution in [3.8, 4) is 0 Å². The molecule has 0 radical (unpaired) electrons. The monoisotopic (exact) mass is 331 g/mol. The Kier molecular flexibility index (Phi) is 5.99. The molecule has 5 nitrogen and oxygen atoms in total. The molecule has 1 aromatic carbocycles. The molecule has 0 aliphatic heterocycles. The van der Waals surface area contributed by atoms with E-state index in [0.29, 0.717) is 0 Å². The molecular formula is C19H29N3O2. The van der Waals surface area contributed by atoms with Crippen LogP contribution in [0.25, 0.3) is 11.0 Å². The van der Waals surface area contributed by atoms with Gasteiger partial charge in [-0.2, -0.15) is 0 Å². The molecule has 0 amide bonds. The molecule has 0 atom stereocenters. The van der Waals surface area contributed by atoms with Crippen molar-refractivity contribution in [1.82, 2.24) is 14.9 Å². The second kappa shape index (κ2) is 7.79. The van der Waals surface area contributed by atoms with Crippen molar-refractivity contribution in [3.05, 3.63) is 29.6 Å². The van der Waals surface area contributed by atoms with Crippen LogP contribution in [0, 0.1) is 0 Å². The number of aromatic amines is 1. The van der Waals surface area contributed by atoms with E-state index in [-0.39, 0.29) is 5.82 Å². The minimum Gasteiger partial charge on any atom is -0.454 e. The number of nitrogens with zero attached hydrogens (tertiary/aromatic N) is 2. The van der Waals surface area contributed by atoms with Crippen LogP contribution >= 0.6 is 0 Å². The summed E-state index contributed by atoms with van der Waals surface area (Å²) in [6.45, 7) is 12.9. The number of rotatable bonds is 7. The number of H-pyrrole nitrogens is 1. The summed E-state index contributed by atoms with van der Waals surface area (Å²) in [5, 5.41) is 0. The zero-order valence-electron chi connectivity index (χ0n) is 15.5. The van der Waals surface area contributed by atoms with E-state index in [2.05, 4.69) is 34.8 Å². The van der Waals surface area contributed by atoms with Crippen LogP contribution in [-0.4, -0.2) is 39.5 Å². The van der Waals surface area contributed by atoms with Gasteiger partial charge in [-0.25, -0.2) is 9.78 Å². The number of ether oxygens (including phenoxy) is 1. The third kappa shape index (κ3) is 4.81. The number of carbonyl (C=O) groups is 1. The largest absolute Gasteiger partial charge is 0.454 e. The van der Waals surface area contributed by atoms with Crippen LogP contribution < -0.4 is 0 Å². The van der Waals surface area contributed by atoms with Gasteiger partial charge in [-0.15, -0.1) is 0 Å². The number of hydrogen-bond acceptors (Lipinski definition) is 4. The molecule has 0 saturated heterocycles. The quantitative estimate of drug-likeness (QED) is 0.775. The fraction of sp³-hybridized carbons (Fsp3) is 0.579. The summed E-state index contributed by atoms with van der Waals surface area (Å²) in [7, 11) is 0. The van der Waals surface area contributed by atoms with Crippen LogP contribution in [0.5, 0.6) is 0 Å². The zero-order chi connectivity index (χ0) is 17.7. The summed E-state index contributed by atoms with van der Waals surface area (Å²) < 4.78 is 5.41. The Morgan fingerprint density at radius 1 is 1.21 bits per heavy atom. The van der Waals surface area contributed by atoms with Crippen LogP contribution in [-0.2, 0) is 11.3 Å². The van der Waals surface area contributed by atoms with Crippen molar-refractivity contribution in [1.29, 1.82) is 0 Å². The first-order chi connectivity index (χ1) is 11.3. The highest BCUT2D eigenvalue weighted by Crippen LogP contribution is 2.20.